The fourth-order valence-electron chi connectivity index (χ4n) is 2.26. The van der Waals surface area contributed by atoms with Gasteiger partial charge < -0.3 is 5.32 Å². The third kappa shape index (κ3) is 3.01. The van der Waals surface area contributed by atoms with E-state index in [0.29, 0.717) is 0 Å². The quantitative estimate of drug-likeness (QED) is 0.834. The number of fused-ring (bicyclic) bond motifs is 1. The smallest absolute Gasteiger partial charge is 0.129 e. The molecule has 102 valence electrons. The molecule has 0 aliphatic heterocycles. The van der Waals surface area contributed by atoms with Crippen LogP contribution >= 0.6 is 11.6 Å². The van der Waals surface area contributed by atoms with Crippen LogP contribution in [0.3, 0.4) is 0 Å². The Morgan fingerprint density at radius 1 is 1.21 bits per heavy atom. The molecule has 0 unspecified atom stereocenters. The van der Waals surface area contributed by atoms with Crippen molar-refractivity contribution in [3.63, 3.8) is 0 Å². The number of nitrogens with zero attached hydrogens (tertiary/aromatic N) is 1. The van der Waals surface area contributed by atoms with Gasteiger partial charge in [0.05, 0.1) is 5.52 Å². The summed E-state index contributed by atoms with van der Waals surface area (Å²) in [4.78, 5) is 4.80. The second-order valence-electron chi connectivity index (χ2n) is 4.93. The first-order chi connectivity index (χ1) is 9.17. The maximum atomic E-state index is 6.30. The van der Waals surface area contributed by atoms with Gasteiger partial charge in [0.15, 0.2) is 0 Å². The number of benzene rings is 1. The van der Waals surface area contributed by atoms with Gasteiger partial charge in [-0.1, -0.05) is 37.9 Å². The van der Waals surface area contributed by atoms with Crippen LogP contribution in [0.25, 0.3) is 10.9 Å². The van der Waals surface area contributed by atoms with Crippen molar-refractivity contribution in [3.8, 4) is 0 Å². The molecule has 0 amide bonds. The van der Waals surface area contributed by atoms with E-state index in [1.807, 2.05) is 12.1 Å². The molecular weight excluding hydrogens is 256 g/mol. The Kier molecular flexibility index (Phi) is 4.65. The number of halogens is 1. The molecular formula is C16H21ClN2. The molecule has 0 fully saturated rings. The Labute approximate surface area is 120 Å². The Morgan fingerprint density at radius 3 is 2.68 bits per heavy atom. The molecule has 1 aromatic heterocycles. The summed E-state index contributed by atoms with van der Waals surface area (Å²) in [5.41, 5.74) is 3.43. The molecule has 0 bridgehead atoms. The summed E-state index contributed by atoms with van der Waals surface area (Å²) in [7, 11) is 0. The summed E-state index contributed by atoms with van der Waals surface area (Å²) in [5.74, 6) is 1.02. The zero-order chi connectivity index (χ0) is 13.8. The number of anilines is 1. The van der Waals surface area contributed by atoms with Crippen LogP contribution in [0.5, 0.6) is 0 Å². The van der Waals surface area contributed by atoms with Gasteiger partial charge in [-0.2, -0.15) is 0 Å². The van der Waals surface area contributed by atoms with E-state index in [9.17, 15) is 0 Å². The van der Waals surface area contributed by atoms with Gasteiger partial charge in [0.2, 0.25) is 0 Å². The molecule has 0 spiro atoms. The number of hydrogen-bond donors (Lipinski definition) is 1. The molecule has 0 saturated heterocycles. The molecule has 0 atom stereocenters. The third-order valence-corrected chi connectivity index (χ3v) is 3.60. The molecule has 1 aromatic carbocycles. The van der Waals surface area contributed by atoms with Crippen LogP contribution in [0.4, 0.5) is 5.82 Å². The molecule has 0 aliphatic rings. The van der Waals surface area contributed by atoms with Crippen LogP contribution in [0, 0.1) is 6.92 Å². The predicted octanol–water partition coefficient (Wildman–Crippen LogP) is 4.97. The van der Waals surface area contributed by atoms with E-state index < -0.39 is 0 Å². The average molecular weight is 277 g/mol. The van der Waals surface area contributed by atoms with Gasteiger partial charge >= 0.3 is 0 Å². The fourth-order valence-corrected chi connectivity index (χ4v) is 2.47. The van der Waals surface area contributed by atoms with Gasteiger partial charge in [0.1, 0.15) is 5.82 Å². The molecule has 0 saturated carbocycles. The Bertz CT molecular complexity index is 578. The van der Waals surface area contributed by atoms with Crippen molar-refractivity contribution in [1.82, 2.24) is 4.98 Å². The molecule has 0 aliphatic carbocycles. The SMILES string of the molecule is CCCNc1nc2c(C)ccc(Cl)c2cc1CCC. The molecule has 2 aromatic rings. The lowest BCUT2D eigenvalue weighted by Crippen LogP contribution is -2.06. The van der Waals surface area contributed by atoms with E-state index in [1.54, 1.807) is 0 Å². The van der Waals surface area contributed by atoms with E-state index >= 15 is 0 Å². The summed E-state index contributed by atoms with van der Waals surface area (Å²) >= 11 is 6.30. The van der Waals surface area contributed by atoms with Crippen molar-refractivity contribution in [2.24, 2.45) is 0 Å². The Morgan fingerprint density at radius 2 is 2.00 bits per heavy atom. The molecule has 3 heteroatoms. The van der Waals surface area contributed by atoms with Crippen molar-refractivity contribution in [2.45, 2.75) is 40.0 Å². The summed E-state index contributed by atoms with van der Waals surface area (Å²) in [6.45, 7) is 7.38. The zero-order valence-corrected chi connectivity index (χ0v) is 12.6. The Hall–Kier alpha value is -1.28. The monoisotopic (exact) mass is 276 g/mol. The van der Waals surface area contributed by atoms with Gasteiger partial charge in [0.25, 0.3) is 0 Å². The highest BCUT2D eigenvalue weighted by atomic mass is 35.5. The number of rotatable bonds is 5. The standard InChI is InChI=1S/C16H21ClN2/c1-4-6-12-10-13-14(17)8-7-11(3)15(13)19-16(12)18-9-5-2/h7-8,10H,4-6,9H2,1-3H3,(H,18,19). The second kappa shape index (κ2) is 6.25. The van der Waals surface area contributed by atoms with Crippen molar-refractivity contribution >= 4 is 28.3 Å². The number of aryl methyl sites for hydroxylation is 2. The van der Waals surface area contributed by atoms with Crippen LogP contribution in [-0.2, 0) is 6.42 Å². The summed E-state index contributed by atoms with van der Waals surface area (Å²) < 4.78 is 0. The summed E-state index contributed by atoms with van der Waals surface area (Å²) in [6, 6.07) is 6.18. The average Bonchev–Trinajstić information content (AvgIpc) is 2.41. The number of nitrogens with one attached hydrogen (secondary N) is 1. The molecule has 19 heavy (non-hydrogen) atoms. The lowest BCUT2D eigenvalue weighted by Gasteiger charge is -2.13. The van der Waals surface area contributed by atoms with Crippen molar-refractivity contribution in [1.29, 1.82) is 0 Å². The van der Waals surface area contributed by atoms with Gasteiger partial charge in [-0.05, 0) is 43.0 Å². The topological polar surface area (TPSA) is 24.9 Å². The molecule has 2 nitrogen and oxygen atoms in total. The van der Waals surface area contributed by atoms with Crippen LogP contribution in [0.1, 0.15) is 37.8 Å². The van der Waals surface area contributed by atoms with Crippen LogP contribution in [-0.4, -0.2) is 11.5 Å². The normalized spacial score (nSPS) is 10.9. The van der Waals surface area contributed by atoms with Crippen molar-refractivity contribution in [3.05, 3.63) is 34.3 Å². The van der Waals surface area contributed by atoms with Gasteiger partial charge in [-0.15, -0.1) is 0 Å². The van der Waals surface area contributed by atoms with Crippen LogP contribution < -0.4 is 5.32 Å². The fraction of sp³-hybridized carbons (Fsp3) is 0.438. The minimum atomic E-state index is 0.785. The highest BCUT2D eigenvalue weighted by Gasteiger charge is 2.10. The second-order valence-corrected chi connectivity index (χ2v) is 5.34. The van der Waals surface area contributed by atoms with E-state index in [0.717, 1.165) is 47.6 Å². The van der Waals surface area contributed by atoms with Gasteiger partial charge in [-0.25, -0.2) is 4.98 Å². The minimum absolute atomic E-state index is 0.785. The third-order valence-electron chi connectivity index (χ3n) is 3.27. The first-order valence-electron chi connectivity index (χ1n) is 7.00. The summed E-state index contributed by atoms with van der Waals surface area (Å²) in [5, 5.41) is 5.28. The molecule has 1 N–H and O–H groups in total. The molecule has 2 rings (SSSR count). The molecule has 0 radical (unpaired) electrons. The number of pyridine rings is 1. The zero-order valence-electron chi connectivity index (χ0n) is 11.9. The highest BCUT2D eigenvalue weighted by molar-refractivity contribution is 6.35. The van der Waals surface area contributed by atoms with Crippen LogP contribution in [0.15, 0.2) is 18.2 Å². The predicted molar refractivity (Wildman–Crippen MR) is 84.3 cm³/mol. The lowest BCUT2D eigenvalue weighted by atomic mass is 10.1. The number of aromatic nitrogens is 1. The largest absolute Gasteiger partial charge is 0.370 e. The molecule has 1 heterocycles. The Balaban J connectivity index is 2.58. The van der Waals surface area contributed by atoms with Crippen LogP contribution in [0.2, 0.25) is 5.02 Å². The first-order valence-corrected chi connectivity index (χ1v) is 7.37. The van der Waals surface area contributed by atoms with Gasteiger partial charge in [-0.3, -0.25) is 0 Å². The highest BCUT2D eigenvalue weighted by Crippen LogP contribution is 2.29. The maximum Gasteiger partial charge on any atom is 0.129 e. The minimum Gasteiger partial charge on any atom is -0.370 e. The van der Waals surface area contributed by atoms with E-state index in [4.69, 9.17) is 16.6 Å². The first kappa shape index (κ1) is 14.1. The van der Waals surface area contributed by atoms with Crippen molar-refractivity contribution < 1.29 is 0 Å². The summed E-state index contributed by atoms with van der Waals surface area (Å²) in [6.07, 6.45) is 3.23. The number of hydrogen-bond acceptors (Lipinski definition) is 2. The van der Waals surface area contributed by atoms with E-state index in [-0.39, 0.29) is 0 Å². The maximum absolute atomic E-state index is 6.30. The van der Waals surface area contributed by atoms with E-state index in [2.05, 4.69) is 32.2 Å². The van der Waals surface area contributed by atoms with Crippen molar-refractivity contribution in [2.75, 3.05) is 11.9 Å². The van der Waals surface area contributed by atoms with Gasteiger partial charge in [0, 0.05) is 17.0 Å². The lowest BCUT2D eigenvalue weighted by molar-refractivity contribution is 0.906. The van der Waals surface area contributed by atoms with E-state index in [1.165, 1.54) is 11.1 Å².